The van der Waals surface area contributed by atoms with Crippen LogP contribution >= 0.6 is 0 Å². The molecule has 0 saturated carbocycles. The van der Waals surface area contributed by atoms with Gasteiger partial charge in [-0.05, 0) is 24.5 Å². The number of carbonyl (C=O) groups is 1. The molecule has 0 aliphatic heterocycles. The summed E-state index contributed by atoms with van der Waals surface area (Å²) in [5.74, 6) is -1.54. The third-order valence-corrected chi connectivity index (χ3v) is 2.85. The van der Waals surface area contributed by atoms with Crippen LogP contribution in [0.4, 0.5) is 0 Å². The minimum Gasteiger partial charge on any atom is -0.872 e. The highest BCUT2D eigenvalue weighted by Crippen LogP contribution is 2.21. The van der Waals surface area contributed by atoms with Gasteiger partial charge in [0.2, 0.25) is 0 Å². The second kappa shape index (κ2) is 5.36. The standard InChI is InChI=1S/C15H14O3/c16-14-12(7-4-8-13(14)15(17)18)10-9-11-5-2-1-3-6-11/h1-8,16H,9-10H2,(H,17,18)/p-1. The first-order chi connectivity index (χ1) is 8.68. The van der Waals surface area contributed by atoms with Crippen molar-refractivity contribution in [2.45, 2.75) is 12.8 Å². The minimum absolute atomic E-state index is 0.152. The van der Waals surface area contributed by atoms with Gasteiger partial charge in [0.15, 0.2) is 0 Å². The van der Waals surface area contributed by atoms with Crippen molar-refractivity contribution in [3.63, 3.8) is 0 Å². The van der Waals surface area contributed by atoms with E-state index in [1.807, 2.05) is 30.3 Å². The predicted molar refractivity (Wildman–Crippen MR) is 66.7 cm³/mol. The lowest BCUT2D eigenvalue weighted by Crippen LogP contribution is -2.07. The highest BCUT2D eigenvalue weighted by molar-refractivity contribution is 5.91. The van der Waals surface area contributed by atoms with Gasteiger partial charge in [-0.15, -0.1) is 0 Å². The summed E-state index contributed by atoms with van der Waals surface area (Å²) in [5.41, 5.74) is 1.54. The van der Waals surface area contributed by atoms with E-state index in [0.717, 1.165) is 12.0 Å². The van der Waals surface area contributed by atoms with Gasteiger partial charge in [-0.1, -0.05) is 53.8 Å². The van der Waals surface area contributed by atoms with Crippen LogP contribution in [-0.4, -0.2) is 11.1 Å². The zero-order valence-electron chi connectivity index (χ0n) is 9.80. The lowest BCUT2D eigenvalue weighted by Gasteiger charge is -2.16. The first-order valence-corrected chi connectivity index (χ1v) is 5.74. The molecule has 3 nitrogen and oxygen atoms in total. The van der Waals surface area contributed by atoms with Gasteiger partial charge in [-0.25, -0.2) is 4.79 Å². The maximum absolute atomic E-state index is 11.9. The molecule has 0 atom stereocenters. The lowest BCUT2D eigenvalue weighted by molar-refractivity contribution is -0.269. The van der Waals surface area contributed by atoms with Crippen molar-refractivity contribution in [3.05, 3.63) is 65.2 Å². The summed E-state index contributed by atoms with van der Waals surface area (Å²) in [6.45, 7) is 0. The Morgan fingerprint density at radius 1 is 1.00 bits per heavy atom. The molecular formula is C15H13O3-. The van der Waals surface area contributed by atoms with Gasteiger partial charge in [0.25, 0.3) is 0 Å². The quantitative estimate of drug-likeness (QED) is 0.893. The predicted octanol–water partition coefficient (Wildman–Crippen LogP) is 2.24. The van der Waals surface area contributed by atoms with E-state index in [1.165, 1.54) is 6.07 Å². The average molecular weight is 241 g/mol. The topological polar surface area (TPSA) is 60.4 Å². The van der Waals surface area contributed by atoms with Crippen LogP contribution in [-0.2, 0) is 12.8 Å². The third-order valence-electron chi connectivity index (χ3n) is 2.85. The molecule has 0 amide bonds. The van der Waals surface area contributed by atoms with Gasteiger partial charge in [-0.3, -0.25) is 0 Å². The molecule has 0 aromatic heterocycles. The van der Waals surface area contributed by atoms with E-state index in [0.29, 0.717) is 12.0 Å². The largest absolute Gasteiger partial charge is 0.872 e. The third kappa shape index (κ3) is 2.69. The molecular weight excluding hydrogens is 228 g/mol. The molecule has 0 fully saturated rings. The highest BCUT2D eigenvalue weighted by atomic mass is 16.4. The van der Waals surface area contributed by atoms with Gasteiger partial charge in [0, 0.05) is 0 Å². The summed E-state index contributed by atoms with van der Waals surface area (Å²) in [6, 6.07) is 14.5. The monoisotopic (exact) mass is 241 g/mol. The zero-order chi connectivity index (χ0) is 13.0. The number of aryl methyl sites for hydroxylation is 2. The van der Waals surface area contributed by atoms with E-state index >= 15 is 0 Å². The van der Waals surface area contributed by atoms with E-state index in [1.54, 1.807) is 12.1 Å². The highest BCUT2D eigenvalue weighted by Gasteiger charge is 2.06. The molecule has 18 heavy (non-hydrogen) atoms. The molecule has 92 valence electrons. The number of benzene rings is 2. The number of aromatic carboxylic acids is 1. The number of carboxylic acids is 1. The van der Waals surface area contributed by atoms with Crippen LogP contribution in [0, 0.1) is 0 Å². The Morgan fingerprint density at radius 2 is 1.72 bits per heavy atom. The Bertz CT molecular complexity index is 547. The van der Waals surface area contributed by atoms with Crippen molar-refractivity contribution in [2.24, 2.45) is 0 Å². The van der Waals surface area contributed by atoms with Gasteiger partial charge in [-0.2, -0.15) is 0 Å². The lowest BCUT2D eigenvalue weighted by atomic mass is 10.0. The molecule has 0 bridgehead atoms. The van der Waals surface area contributed by atoms with Crippen LogP contribution in [0.2, 0.25) is 0 Å². The Hall–Kier alpha value is -2.29. The molecule has 0 saturated heterocycles. The van der Waals surface area contributed by atoms with E-state index in [2.05, 4.69) is 0 Å². The molecule has 0 radical (unpaired) electrons. The number of carboxylic acid groups (broad SMARTS) is 1. The van der Waals surface area contributed by atoms with Crippen LogP contribution in [0.15, 0.2) is 48.5 Å². The number of rotatable bonds is 4. The van der Waals surface area contributed by atoms with Crippen molar-refractivity contribution in [1.29, 1.82) is 0 Å². The molecule has 0 aliphatic rings. The summed E-state index contributed by atoms with van der Waals surface area (Å²) in [5, 5.41) is 20.7. The van der Waals surface area contributed by atoms with Crippen LogP contribution in [0.3, 0.4) is 0 Å². The smallest absolute Gasteiger partial charge is 0.335 e. The van der Waals surface area contributed by atoms with Crippen LogP contribution in [0.5, 0.6) is 5.75 Å². The molecule has 0 heterocycles. The average Bonchev–Trinajstić information content (AvgIpc) is 2.38. The number of hydrogen-bond acceptors (Lipinski definition) is 2. The van der Waals surface area contributed by atoms with Gasteiger partial charge < -0.3 is 10.2 Å². The summed E-state index contributed by atoms with van der Waals surface area (Å²) in [4.78, 5) is 10.8. The Balaban J connectivity index is 2.15. The molecule has 2 aromatic rings. The Morgan fingerprint density at radius 3 is 2.39 bits per heavy atom. The number of para-hydroxylation sites is 1. The van der Waals surface area contributed by atoms with E-state index in [-0.39, 0.29) is 11.3 Å². The summed E-state index contributed by atoms with van der Waals surface area (Å²) < 4.78 is 0. The van der Waals surface area contributed by atoms with Crippen molar-refractivity contribution < 1.29 is 15.0 Å². The molecule has 0 spiro atoms. The summed E-state index contributed by atoms with van der Waals surface area (Å²) >= 11 is 0. The van der Waals surface area contributed by atoms with Gasteiger partial charge >= 0.3 is 5.97 Å². The maximum Gasteiger partial charge on any atom is 0.335 e. The molecule has 2 rings (SSSR count). The van der Waals surface area contributed by atoms with Crippen LogP contribution in [0.25, 0.3) is 0 Å². The van der Waals surface area contributed by atoms with E-state index in [4.69, 9.17) is 5.11 Å². The first kappa shape index (κ1) is 12.2. The van der Waals surface area contributed by atoms with E-state index in [9.17, 15) is 9.90 Å². The fourth-order valence-corrected chi connectivity index (χ4v) is 1.87. The van der Waals surface area contributed by atoms with Crippen LogP contribution < -0.4 is 5.11 Å². The fourth-order valence-electron chi connectivity index (χ4n) is 1.87. The van der Waals surface area contributed by atoms with Crippen molar-refractivity contribution in [3.8, 4) is 5.75 Å². The second-order valence-corrected chi connectivity index (χ2v) is 4.08. The molecule has 2 aromatic carbocycles. The normalized spacial score (nSPS) is 10.2. The van der Waals surface area contributed by atoms with Crippen molar-refractivity contribution in [2.75, 3.05) is 0 Å². The van der Waals surface area contributed by atoms with Gasteiger partial charge in [0.1, 0.15) is 0 Å². The minimum atomic E-state index is -1.17. The van der Waals surface area contributed by atoms with Crippen molar-refractivity contribution in [1.82, 2.24) is 0 Å². The number of hydrogen-bond donors (Lipinski definition) is 1. The van der Waals surface area contributed by atoms with Crippen LogP contribution in [0.1, 0.15) is 21.5 Å². The van der Waals surface area contributed by atoms with Crippen molar-refractivity contribution >= 4 is 5.97 Å². The second-order valence-electron chi connectivity index (χ2n) is 4.08. The molecule has 0 unspecified atom stereocenters. The summed E-state index contributed by atoms with van der Waals surface area (Å²) in [6.07, 6.45) is 1.29. The van der Waals surface area contributed by atoms with E-state index < -0.39 is 5.97 Å². The maximum atomic E-state index is 11.9. The first-order valence-electron chi connectivity index (χ1n) is 5.74. The Labute approximate surface area is 105 Å². The molecule has 1 N–H and O–H groups in total. The molecule has 3 heteroatoms. The SMILES string of the molecule is O=C(O)c1cccc(CCc2ccccc2)c1[O-]. The van der Waals surface area contributed by atoms with Gasteiger partial charge in [0.05, 0.1) is 5.56 Å². The molecule has 0 aliphatic carbocycles. The fraction of sp³-hybridized carbons (Fsp3) is 0.133. The summed E-state index contributed by atoms with van der Waals surface area (Å²) in [7, 11) is 0. The zero-order valence-corrected chi connectivity index (χ0v) is 9.80. The Kier molecular flexibility index (Phi) is 3.63.